The molecule has 2 N–H and O–H groups in total. The number of rotatable bonds is 8. The minimum atomic E-state index is -4.64. The third kappa shape index (κ3) is 8.75. The lowest BCUT2D eigenvalue weighted by atomic mass is 10.2. The van der Waals surface area contributed by atoms with Crippen LogP contribution in [0.25, 0.3) is 11.0 Å². The number of sulfone groups is 1. The lowest BCUT2D eigenvalue weighted by Gasteiger charge is -2.19. The van der Waals surface area contributed by atoms with E-state index in [0.29, 0.717) is 11.8 Å². The second kappa shape index (κ2) is 12.9. The molecule has 224 valence electrons. The summed E-state index contributed by atoms with van der Waals surface area (Å²) >= 11 is 0. The first kappa shape index (κ1) is 31.0. The summed E-state index contributed by atoms with van der Waals surface area (Å²) in [6.07, 6.45) is -2.78. The molecule has 2 heterocycles. The van der Waals surface area contributed by atoms with E-state index in [0.717, 1.165) is 39.6 Å². The van der Waals surface area contributed by atoms with Crippen LogP contribution in [-0.4, -0.2) is 53.7 Å². The molecule has 5 rings (SSSR count). The molecule has 0 saturated carbocycles. The van der Waals surface area contributed by atoms with Crippen molar-refractivity contribution >= 4 is 61.9 Å². The number of carbonyl (C=O) groups is 1. The van der Waals surface area contributed by atoms with Crippen LogP contribution in [0.15, 0.2) is 85.1 Å². The van der Waals surface area contributed by atoms with Crippen molar-refractivity contribution in [1.29, 1.82) is 0 Å². The van der Waals surface area contributed by atoms with Crippen molar-refractivity contribution in [2.45, 2.75) is 11.9 Å². The summed E-state index contributed by atoms with van der Waals surface area (Å²) < 4.78 is 56.3. The molecule has 43 heavy (non-hydrogen) atoms. The fourth-order valence-electron chi connectivity index (χ4n) is 4.00. The van der Waals surface area contributed by atoms with Crippen LogP contribution in [0.4, 0.5) is 47.9 Å². The molecule has 0 radical (unpaired) electrons. The molecule has 10 nitrogen and oxygen atoms in total. The normalized spacial score (nSPS) is 11.4. The van der Waals surface area contributed by atoms with Crippen LogP contribution in [0.3, 0.4) is 0 Å². The molecular weight excluding hydrogens is 583 g/mol. The summed E-state index contributed by atoms with van der Waals surface area (Å²) in [6.45, 7) is 0. The van der Waals surface area contributed by atoms with Gasteiger partial charge in [-0.25, -0.2) is 18.4 Å². The van der Waals surface area contributed by atoms with Gasteiger partial charge in [-0.05, 0) is 54.1 Å². The summed E-state index contributed by atoms with van der Waals surface area (Å²) in [5.41, 5.74) is 5.29. The van der Waals surface area contributed by atoms with Crippen molar-refractivity contribution in [3.05, 3.63) is 90.6 Å². The van der Waals surface area contributed by atoms with Gasteiger partial charge in [0, 0.05) is 43.6 Å². The Kier molecular flexibility index (Phi) is 9.29. The fourth-order valence-corrected chi connectivity index (χ4v) is 4.80. The Morgan fingerprint density at radius 3 is 2.21 bits per heavy atom. The smallest absolute Gasteiger partial charge is 0.329 e. The molecule has 2 aromatic heterocycles. The number of anilines is 6. The highest BCUT2D eigenvalue weighted by atomic mass is 32.2. The number of aryl methyl sites for hydroxylation is 1. The molecule has 0 aliphatic rings. The second-order valence-electron chi connectivity index (χ2n) is 9.51. The molecular formula is C29H28F3N7O3S. The van der Waals surface area contributed by atoms with Crippen molar-refractivity contribution in [3.63, 3.8) is 0 Å². The van der Waals surface area contributed by atoms with Crippen molar-refractivity contribution in [3.8, 4) is 0 Å². The van der Waals surface area contributed by atoms with E-state index in [-0.39, 0.29) is 5.75 Å². The summed E-state index contributed by atoms with van der Waals surface area (Å²) in [5.74, 6) is 1.92. The number of imidazole rings is 1. The number of benzene rings is 3. The van der Waals surface area contributed by atoms with Crippen molar-refractivity contribution in [1.82, 2.24) is 19.5 Å². The Balaban J connectivity index is 0.000000641. The summed E-state index contributed by atoms with van der Waals surface area (Å²) in [6, 6.07) is 25.1. The molecule has 3 aromatic carbocycles. The number of nitrogens with one attached hydrogen (secondary N) is 2. The topological polar surface area (TPSA) is 122 Å². The number of aromatic nitrogens is 4. The highest BCUT2D eigenvalue weighted by molar-refractivity contribution is 7.89. The molecule has 0 atom stereocenters. The maximum Gasteiger partial charge on any atom is 0.446 e. The third-order valence-corrected chi connectivity index (χ3v) is 6.90. The summed E-state index contributed by atoms with van der Waals surface area (Å²) in [5, 5.41) is 6.55. The lowest BCUT2D eigenvalue weighted by molar-refractivity contribution is -0.156. The number of para-hydroxylation sites is 1. The lowest BCUT2D eigenvalue weighted by Crippen LogP contribution is -2.12. The summed E-state index contributed by atoms with van der Waals surface area (Å²) in [4.78, 5) is 24.4. The van der Waals surface area contributed by atoms with Gasteiger partial charge in [-0.15, -0.1) is 0 Å². The molecule has 0 spiro atoms. The Labute approximate surface area is 246 Å². The van der Waals surface area contributed by atoms with Gasteiger partial charge >= 0.3 is 6.18 Å². The van der Waals surface area contributed by atoms with E-state index in [1.807, 2.05) is 90.3 Å². The van der Waals surface area contributed by atoms with Gasteiger partial charge in [-0.1, -0.05) is 30.3 Å². The zero-order valence-corrected chi connectivity index (χ0v) is 24.2. The number of hydrogen-bond donors (Lipinski definition) is 2. The standard InChI is InChI=1S/C27H27N7O2S.C2HF3O/c1-33(22-13-14-24-23(17-22)31-27(34(24)2)30-20-7-5-4-6-8-20)25-15-16-28-26(32-25)29-21-11-9-19(10-12-21)18-37(3,35)36;3-2(4,5)1-6/h4-17H,18H2,1-3H3,(H,30,31)(H,28,29,32);1H. The predicted octanol–water partition coefficient (Wildman–Crippen LogP) is 5.91. The summed E-state index contributed by atoms with van der Waals surface area (Å²) in [7, 11) is 0.850. The average molecular weight is 612 g/mol. The third-order valence-electron chi connectivity index (χ3n) is 6.04. The number of hydrogen-bond acceptors (Lipinski definition) is 9. The molecule has 5 aromatic rings. The minimum absolute atomic E-state index is 0.00842. The Hall–Kier alpha value is -4.98. The van der Waals surface area contributed by atoms with Crippen molar-refractivity contribution in [2.24, 2.45) is 7.05 Å². The SMILES string of the molecule is CN(c1ccc2c(c1)nc(Nc1ccccc1)n2C)c1ccnc(Nc2ccc(CS(C)(=O)=O)cc2)n1.O=CC(F)(F)F. The van der Waals surface area contributed by atoms with Crippen LogP contribution in [0.5, 0.6) is 0 Å². The van der Waals surface area contributed by atoms with E-state index < -0.39 is 22.3 Å². The zero-order valence-electron chi connectivity index (χ0n) is 23.4. The average Bonchev–Trinajstić information content (AvgIpc) is 3.27. The van der Waals surface area contributed by atoms with E-state index in [4.69, 9.17) is 9.78 Å². The Bertz CT molecular complexity index is 1810. The van der Waals surface area contributed by atoms with E-state index in [9.17, 15) is 21.6 Å². The molecule has 0 aliphatic heterocycles. The fraction of sp³-hybridized carbons (Fsp3) is 0.172. The van der Waals surface area contributed by atoms with E-state index in [1.54, 1.807) is 18.3 Å². The maximum atomic E-state index is 11.5. The number of carbonyl (C=O) groups excluding carboxylic acids is 1. The van der Waals surface area contributed by atoms with Gasteiger partial charge in [0.25, 0.3) is 0 Å². The van der Waals surface area contributed by atoms with Gasteiger partial charge in [0.05, 0.1) is 16.8 Å². The van der Waals surface area contributed by atoms with Gasteiger partial charge in [0.1, 0.15) is 5.82 Å². The minimum Gasteiger partial charge on any atom is -0.329 e. The van der Waals surface area contributed by atoms with Crippen molar-refractivity contribution in [2.75, 3.05) is 28.8 Å². The molecule has 0 fully saturated rings. The molecule has 0 saturated heterocycles. The second-order valence-corrected chi connectivity index (χ2v) is 11.6. The monoisotopic (exact) mass is 611 g/mol. The van der Waals surface area contributed by atoms with Gasteiger partial charge in [0.2, 0.25) is 18.2 Å². The number of aldehydes is 1. The Morgan fingerprint density at radius 1 is 0.930 bits per heavy atom. The number of halogens is 3. The number of fused-ring (bicyclic) bond motifs is 1. The predicted molar refractivity (Wildman–Crippen MR) is 161 cm³/mol. The van der Waals surface area contributed by atoms with E-state index in [1.165, 1.54) is 6.26 Å². The van der Waals surface area contributed by atoms with Gasteiger partial charge in [-0.2, -0.15) is 18.2 Å². The van der Waals surface area contributed by atoms with E-state index in [2.05, 4.69) is 20.6 Å². The molecule has 0 unspecified atom stereocenters. The highest BCUT2D eigenvalue weighted by Crippen LogP contribution is 2.29. The van der Waals surface area contributed by atoms with Crippen LogP contribution in [0.1, 0.15) is 5.56 Å². The first-order chi connectivity index (χ1) is 20.3. The van der Waals surface area contributed by atoms with Gasteiger partial charge in [0.15, 0.2) is 9.84 Å². The zero-order chi connectivity index (χ0) is 31.2. The first-order valence-electron chi connectivity index (χ1n) is 12.7. The van der Waals surface area contributed by atoms with Crippen LogP contribution >= 0.6 is 0 Å². The number of nitrogens with zero attached hydrogens (tertiary/aromatic N) is 5. The van der Waals surface area contributed by atoms with Crippen LogP contribution in [0.2, 0.25) is 0 Å². The molecule has 14 heteroatoms. The molecule has 0 amide bonds. The Morgan fingerprint density at radius 2 is 1.58 bits per heavy atom. The first-order valence-corrected chi connectivity index (χ1v) is 14.8. The maximum absolute atomic E-state index is 11.5. The van der Waals surface area contributed by atoms with Gasteiger partial charge in [-0.3, -0.25) is 4.79 Å². The quantitative estimate of drug-likeness (QED) is 0.206. The largest absolute Gasteiger partial charge is 0.446 e. The highest BCUT2D eigenvalue weighted by Gasteiger charge is 2.25. The number of alkyl halides is 3. The molecule has 0 bridgehead atoms. The van der Waals surface area contributed by atoms with Crippen molar-refractivity contribution < 1.29 is 26.4 Å². The van der Waals surface area contributed by atoms with E-state index >= 15 is 0 Å². The van der Waals surface area contributed by atoms with Crippen LogP contribution in [-0.2, 0) is 27.4 Å². The van der Waals surface area contributed by atoms with Crippen LogP contribution < -0.4 is 15.5 Å². The molecule has 0 aliphatic carbocycles. The van der Waals surface area contributed by atoms with Gasteiger partial charge < -0.3 is 20.1 Å². The van der Waals surface area contributed by atoms with Crippen LogP contribution in [0, 0.1) is 0 Å².